The van der Waals surface area contributed by atoms with Gasteiger partial charge in [-0.1, -0.05) is 12.1 Å². The highest BCUT2D eigenvalue weighted by Crippen LogP contribution is 2.43. The molecule has 44 heavy (non-hydrogen) atoms. The van der Waals surface area contributed by atoms with Gasteiger partial charge in [-0.15, -0.1) is 0 Å². The van der Waals surface area contributed by atoms with Crippen molar-refractivity contribution < 1.29 is 46.1 Å². The maximum Gasteiger partial charge on any atom is 0.416 e. The van der Waals surface area contributed by atoms with Gasteiger partial charge < -0.3 is 19.9 Å². The number of ether oxygens (including phenoxy) is 2. The molecular formula is C29H26F5N5O5. The summed E-state index contributed by atoms with van der Waals surface area (Å²) >= 11 is 0. The quantitative estimate of drug-likeness (QED) is 0.280. The first-order chi connectivity index (χ1) is 20.8. The number of carbonyl (C=O) groups is 2. The van der Waals surface area contributed by atoms with Crippen molar-refractivity contribution in [2.24, 2.45) is 0 Å². The number of carbonyl (C=O) groups excluding carboxylic acids is 2. The summed E-state index contributed by atoms with van der Waals surface area (Å²) in [6.45, 7) is 1.42. The van der Waals surface area contributed by atoms with Crippen LogP contribution in [0, 0.1) is 11.6 Å². The predicted molar refractivity (Wildman–Crippen MR) is 145 cm³/mol. The van der Waals surface area contributed by atoms with Gasteiger partial charge in [0.2, 0.25) is 5.88 Å². The molecule has 2 aliphatic heterocycles. The van der Waals surface area contributed by atoms with E-state index in [9.17, 15) is 36.6 Å². The molecule has 1 aromatic heterocycles. The number of aromatic nitrogens is 2. The standard InChI is InChI=1S/C29H26F5N5O5/c1-28-10-5-11-39(28)38(14-15-6-4-7-19(30)22(15)31)26(42)21(23(28)40)24(41)36-20-9-8-16(29(32,33)34)12-17(20)18-13-35-27(44-3)37-25(18)43-2/h4,6-9,12-13,40H,5,10-11,14H2,1-3H3,(H,36,41)/t28-/m1/s1. The van der Waals surface area contributed by atoms with Gasteiger partial charge in [-0.25, -0.2) is 18.8 Å². The molecule has 1 fully saturated rings. The Bertz CT molecular complexity index is 1680. The van der Waals surface area contributed by atoms with Gasteiger partial charge in [-0.2, -0.15) is 18.2 Å². The summed E-state index contributed by atoms with van der Waals surface area (Å²) in [5.74, 6) is -5.18. The van der Waals surface area contributed by atoms with Crippen LogP contribution >= 0.6 is 0 Å². The number of rotatable bonds is 7. The molecule has 2 aliphatic rings. The first-order valence-electron chi connectivity index (χ1n) is 13.2. The van der Waals surface area contributed by atoms with E-state index in [4.69, 9.17) is 9.47 Å². The van der Waals surface area contributed by atoms with Crippen LogP contribution in [-0.4, -0.2) is 63.2 Å². The number of aliphatic hydroxyl groups is 1. The van der Waals surface area contributed by atoms with E-state index in [1.165, 1.54) is 31.4 Å². The Morgan fingerprint density at radius 3 is 2.57 bits per heavy atom. The lowest BCUT2D eigenvalue weighted by molar-refractivity contribution is -0.160. The Hall–Kier alpha value is -4.79. The van der Waals surface area contributed by atoms with E-state index in [-0.39, 0.29) is 40.8 Å². The molecule has 2 N–H and O–H groups in total. The molecule has 0 spiro atoms. The van der Waals surface area contributed by atoms with E-state index in [0.29, 0.717) is 12.8 Å². The van der Waals surface area contributed by atoms with Crippen molar-refractivity contribution in [1.82, 2.24) is 20.0 Å². The third-order valence-corrected chi connectivity index (χ3v) is 7.66. The largest absolute Gasteiger partial charge is 0.509 e. The molecule has 2 aromatic carbocycles. The number of hydrazine groups is 1. The molecular weight excluding hydrogens is 593 g/mol. The highest BCUT2D eigenvalue weighted by atomic mass is 19.4. The van der Waals surface area contributed by atoms with Crippen LogP contribution in [0.25, 0.3) is 11.1 Å². The monoisotopic (exact) mass is 619 g/mol. The van der Waals surface area contributed by atoms with E-state index in [0.717, 1.165) is 35.5 Å². The Morgan fingerprint density at radius 2 is 1.89 bits per heavy atom. The molecule has 1 atom stereocenters. The summed E-state index contributed by atoms with van der Waals surface area (Å²) in [5, 5.41) is 16.3. The predicted octanol–water partition coefficient (Wildman–Crippen LogP) is 5.02. The SMILES string of the molecule is COc1ncc(-c2cc(C(F)(F)F)ccc2NC(=O)C2=C(O)[C@@]3(C)CCCN3N(Cc3cccc(F)c3F)C2=O)c(OC)n1. The Balaban J connectivity index is 1.57. The highest BCUT2D eigenvalue weighted by Gasteiger charge is 2.52. The van der Waals surface area contributed by atoms with Crippen LogP contribution in [0.2, 0.25) is 0 Å². The second-order valence-electron chi connectivity index (χ2n) is 10.3. The van der Waals surface area contributed by atoms with Crippen molar-refractivity contribution in [3.05, 3.63) is 76.7 Å². The molecule has 0 unspecified atom stereocenters. The van der Waals surface area contributed by atoms with Crippen LogP contribution in [0.4, 0.5) is 27.6 Å². The van der Waals surface area contributed by atoms with E-state index in [2.05, 4.69) is 15.3 Å². The fraction of sp³-hybridized carbons (Fsp3) is 0.310. The molecule has 232 valence electrons. The number of hydrogen-bond acceptors (Lipinski definition) is 8. The Kier molecular flexibility index (Phi) is 7.92. The van der Waals surface area contributed by atoms with Crippen LogP contribution < -0.4 is 14.8 Å². The van der Waals surface area contributed by atoms with Gasteiger partial charge in [0.25, 0.3) is 11.8 Å². The molecule has 3 aromatic rings. The van der Waals surface area contributed by atoms with Crippen LogP contribution in [0.5, 0.6) is 11.9 Å². The van der Waals surface area contributed by atoms with Crippen molar-refractivity contribution in [3.63, 3.8) is 0 Å². The molecule has 0 bridgehead atoms. The average molecular weight is 620 g/mol. The first-order valence-corrected chi connectivity index (χ1v) is 13.2. The smallest absolute Gasteiger partial charge is 0.416 e. The van der Waals surface area contributed by atoms with E-state index in [1.807, 2.05) is 0 Å². The molecule has 1 saturated heterocycles. The number of benzene rings is 2. The summed E-state index contributed by atoms with van der Waals surface area (Å²) in [5.41, 5.74) is -3.61. The van der Waals surface area contributed by atoms with E-state index < -0.39 is 58.6 Å². The van der Waals surface area contributed by atoms with E-state index in [1.54, 1.807) is 6.92 Å². The topological polar surface area (TPSA) is 117 Å². The van der Waals surface area contributed by atoms with Crippen molar-refractivity contribution in [3.8, 4) is 23.0 Å². The Labute approximate surface area is 247 Å². The van der Waals surface area contributed by atoms with Crippen LogP contribution in [0.1, 0.15) is 30.9 Å². The summed E-state index contributed by atoms with van der Waals surface area (Å²) in [6.07, 6.45) is -2.79. The number of fused-ring (bicyclic) bond motifs is 1. The minimum atomic E-state index is -4.76. The van der Waals surface area contributed by atoms with Crippen molar-refractivity contribution >= 4 is 17.5 Å². The summed E-state index contributed by atoms with van der Waals surface area (Å²) in [6, 6.07) is 5.81. The summed E-state index contributed by atoms with van der Waals surface area (Å²) < 4.78 is 79.8. The zero-order valence-electron chi connectivity index (χ0n) is 23.6. The van der Waals surface area contributed by atoms with Crippen molar-refractivity contribution in [1.29, 1.82) is 0 Å². The third-order valence-electron chi connectivity index (χ3n) is 7.66. The van der Waals surface area contributed by atoms with Gasteiger partial charge in [-0.05, 0) is 44.0 Å². The van der Waals surface area contributed by atoms with Crippen LogP contribution in [-0.2, 0) is 22.3 Å². The number of methoxy groups -OCH3 is 2. The second-order valence-corrected chi connectivity index (χ2v) is 10.3. The third kappa shape index (κ3) is 5.27. The maximum absolute atomic E-state index is 14.6. The van der Waals surface area contributed by atoms with Gasteiger partial charge >= 0.3 is 12.2 Å². The normalized spacial score (nSPS) is 18.8. The van der Waals surface area contributed by atoms with Gasteiger partial charge in [-0.3, -0.25) is 14.6 Å². The molecule has 15 heteroatoms. The minimum Gasteiger partial charge on any atom is -0.509 e. The first kappa shape index (κ1) is 30.7. The Morgan fingerprint density at radius 1 is 1.14 bits per heavy atom. The number of amides is 2. The summed E-state index contributed by atoms with van der Waals surface area (Å²) in [4.78, 5) is 35.4. The number of nitrogens with zero attached hydrogens (tertiary/aromatic N) is 4. The zero-order chi connectivity index (χ0) is 32.0. The van der Waals surface area contributed by atoms with Crippen molar-refractivity contribution in [2.75, 3.05) is 26.1 Å². The van der Waals surface area contributed by atoms with Crippen LogP contribution in [0.3, 0.4) is 0 Å². The number of nitrogens with one attached hydrogen (secondary N) is 1. The molecule has 0 aliphatic carbocycles. The fourth-order valence-corrected chi connectivity index (χ4v) is 5.41. The molecule has 0 saturated carbocycles. The molecule has 0 radical (unpaired) electrons. The lowest BCUT2D eigenvalue weighted by Gasteiger charge is -2.46. The number of aliphatic hydroxyl groups excluding tert-OH is 1. The molecule has 5 rings (SSSR count). The van der Waals surface area contributed by atoms with E-state index >= 15 is 0 Å². The minimum absolute atomic E-state index is 0.0417. The van der Waals surface area contributed by atoms with Gasteiger partial charge in [0.05, 0.1) is 37.4 Å². The van der Waals surface area contributed by atoms with Crippen molar-refractivity contribution in [2.45, 2.75) is 38.0 Å². The molecule has 10 nitrogen and oxygen atoms in total. The number of hydrogen-bond donors (Lipinski definition) is 2. The maximum atomic E-state index is 14.6. The van der Waals surface area contributed by atoms with Gasteiger partial charge in [0.1, 0.15) is 11.3 Å². The van der Waals surface area contributed by atoms with Crippen LogP contribution in [0.15, 0.2) is 53.9 Å². The lowest BCUT2D eigenvalue weighted by atomic mass is 9.90. The zero-order valence-corrected chi connectivity index (χ0v) is 23.6. The lowest BCUT2D eigenvalue weighted by Crippen LogP contribution is -2.60. The highest BCUT2D eigenvalue weighted by molar-refractivity contribution is 6.24. The fourth-order valence-electron chi connectivity index (χ4n) is 5.41. The van der Waals surface area contributed by atoms with Gasteiger partial charge in [0, 0.05) is 29.6 Å². The second kappa shape index (κ2) is 11.4. The molecule has 3 heterocycles. The van der Waals surface area contributed by atoms with Gasteiger partial charge in [0.15, 0.2) is 11.6 Å². The molecule has 2 amide bonds. The number of alkyl halides is 3. The summed E-state index contributed by atoms with van der Waals surface area (Å²) in [7, 11) is 2.51. The average Bonchev–Trinajstić information content (AvgIpc) is 3.39. The number of halogens is 5. The number of anilines is 1.